The first kappa shape index (κ1) is 7.29. The lowest BCUT2D eigenvalue weighted by molar-refractivity contribution is 0.752. The summed E-state index contributed by atoms with van der Waals surface area (Å²) in [6.07, 6.45) is 3.75. The zero-order chi connectivity index (χ0) is 7.90. The van der Waals surface area contributed by atoms with Crippen LogP contribution in [0.3, 0.4) is 0 Å². The SMILES string of the molecule is CCc1nc(C2(C)CC2)cs1. The van der Waals surface area contributed by atoms with Crippen LogP contribution in [0.4, 0.5) is 0 Å². The molecule has 1 aliphatic rings. The van der Waals surface area contributed by atoms with Crippen molar-refractivity contribution in [3.63, 3.8) is 0 Å². The van der Waals surface area contributed by atoms with Crippen LogP contribution in [0, 0.1) is 0 Å². The summed E-state index contributed by atoms with van der Waals surface area (Å²) in [5.41, 5.74) is 1.79. The second-order valence-electron chi connectivity index (χ2n) is 3.54. The van der Waals surface area contributed by atoms with Gasteiger partial charge in [-0.1, -0.05) is 13.8 Å². The average molecular weight is 167 g/mol. The summed E-state index contributed by atoms with van der Waals surface area (Å²) in [5, 5.41) is 3.51. The van der Waals surface area contributed by atoms with Crippen molar-refractivity contribution < 1.29 is 0 Å². The summed E-state index contributed by atoms with van der Waals surface area (Å²) in [5.74, 6) is 0. The van der Waals surface area contributed by atoms with Crippen LogP contribution >= 0.6 is 11.3 Å². The number of hydrogen-bond donors (Lipinski definition) is 0. The number of thiazole rings is 1. The zero-order valence-corrected chi connectivity index (χ0v) is 7.87. The Morgan fingerprint density at radius 3 is 2.82 bits per heavy atom. The van der Waals surface area contributed by atoms with Gasteiger partial charge in [0.25, 0.3) is 0 Å². The summed E-state index contributed by atoms with van der Waals surface area (Å²) in [7, 11) is 0. The monoisotopic (exact) mass is 167 g/mol. The van der Waals surface area contributed by atoms with E-state index in [0.717, 1.165) is 6.42 Å². The highest BCUT2D eigenvalue weighted by atomic mass is 32.1. The third-order valence-electron chi connectivity index (χ3n) is 2.47. The molecule has 0 N–H and O–H groups in total. The van der Waals surface area contributed by atoms with Gasteiger partial charge < -0.3 is 0 Å². The van der Waals surface area contributed by atoms with Gasteiger partial charge in [0, 0.05) is 10.8 Å². The van der Waals surface area contributed by atoms with Gasteiger partial charge in [-0.05, 0) is 19.3 Å². The molecule has 0 radical (unpaired) electrons. The first-order chi connectivity index (χ1) is 5.24. The molecule has 0 aromatic carbocycles. The summed E-state index contributed by atoms with van der Waals surface area (Å²) in [6.45, 7) is 4.47. The van der Waals surface area contributed by atoms with Gasteiger partial charge in [0.2, 0.25) is 0 Å². The quantitative estimate of drug-likeness (QED) is 0.660. The minimum atomic E-state index is 0.462. The first-order valence-corrected chi connectivity index (χ1v) is 5.07. The van der Waals surface area contributed by atoms with Crippen molar-refractivity contribution in [2.24, 2.45) is 0 Å². The van der Waals surface area contributed by atoms with Gasteiger partial charge in [-0.2, -0.15) is 0 Å². The summed E-state index contributed by atoms with van der Waals surface area (Å²) in [6, 6.07) is 0. The largest absolute Gasteiger partial charge is 0.246 e. The molecular formula is C9H13NS. The van der Waals surface area contributed by atoms with E-state index in [2.05, 4.69) is 24.2 Å². The van der Waals surface area contributed by atoms with Crippen LogP contribution in [0.1, 0.15) is 37.4 Å². The Morgan fingerprint density at radius 1 is 1.64 bits per heavy atom. The average Bonchev–Trinajstić information content (AvgIpc) is 2.61. The van der Waals surface area contributed by atoms with Crippen LogP contribution in [-0.2, 0) is 11.8 Å². The maximum Gasteiger partial charge on any atom is 0.0925 e. The van der Waals surface area contributed by atoms with Crippen molar-refractivity contribution in [1.82, 2.24) is 4.98 Å². The summed E-state index contributed by atoms with van der Waals surface area (Å²) >= 11 is 1.81. The topological polar surface area (TPSA) is 12.9 Å². The predicted molar refractivity (Wildman–Crippen MR) is 48.1 cm³/mol. The molecule has 0 unspecified atom stereocenters. The standard InChI is InChI=1S/C9H13NS/c1-3-8-10-7(6-11-8)9(2)4-5-9/h6H,3-5H2,1-2H3. The smallest absolute Gasteiger partial charge is 0.0925 e. The van der Waals surface area contributed by atoms with Gasteiger partial charge in [-0.3, -0.25) is 0 Å². The van der Waals surface area contributed by atoms with Crippen molar-refractivity contribution >= 4 is 11.3 Å². The zero-order valence-electron chi connectivity index (χ0n) is 7.05. The van der Waals surface area contributed by atoms with Crippen LogP contribution in [-0.4, -0.2) is 4.98 Å². The highest BCUT2D eigenvalue weighted by Crippen LogP contribution is 2.47. The molecule has 11 heavy (non-hydrogen) atoms. The van der Waals surface area contributed by atoms with E-state index in [1.807, 2.05) is 0 Å². The maximum atomic E-state index is 4.58. The van der Waals surface area contributed by atoms with Gasteiger partial charge in [-0.25, -0.2) is 4.98 Å². The van der Waals surface area contributed by atoms with Crippen LogP contribution in [0.5, 0.6) is 0 Å². The molecule has 2 heteroatoms. The van der Waals surface area contributed by atoms with Gasteiger partial charge >= 0.3 is 0 Å². The van der Waals surface area contributed by atoms with E-state index in [1.165, 1.54) is 23.5 Å². The Hall–Kier alpha value is -0.370. The number of rotatable bonds is 2. The van der Waals surface area contributed by atoms with Crippen LogP contribution in [0.15, 0.2) is 5.38 Å². The predicted octanol–water partition coefficient (Wildman–Crippen LogP) is 2.76. The van der Waals surface area contributed by atoms with Crippen LogP contribution in [0.25, 0.3) is 0 Å². The Labute approximate surface area is 71.5 Å². The number of aromatic nitrogens is 1. The van der Waals surface area contributed by atoms with E-state index in [9.17, 15) is 0 Å². The van der Waals surface area contributed by atoms with E-state index < -0.39 is 0 Å². The maximum absolute atomic E-state index is 4.58. The lowest BCUT2D eigenvalue weighted by atomic mass is 10.1. The first-order valence-electron chi connectivity index (χ1n) is 4.19. The minimum Gasteiger partial charge on any atom is -0.246 e. The molecule has 1 aromatic heterocycles. The van der Waals surface area contributed by atoms with E-state index in [0.29, 0.717) is 5.41 Å². The molecule has 60 valence electrons. The Morgan fingerprint density at radius 2 is 2.36 bits per heavy atom. The number of nitrogens with zero attached hydrogens (tertiary/aromatic N) is 1. The molecule has 0 spiro atoms. The molecule has 0 amide bonds. The summed E-state index contributed by atoms with van der Waals surface area (Å²) in [4.78, 5) is 4.58. The van der Waals surface area contributed by atoms with Crippen molar-refractivity contribution in [3.8, 4) is 0 Å². The fourth-order valence-electron chi connectivity index (χ4n) is 1.19. The van der Waals surface area contributed by atoms with Gasteiger partial charge in [0.15, 0.2) is 0 Å². The van der Waals surface area contributed by atoms with Gasteiger partial charge in [0.1, 0.15) is 0 Å². The Balaban J connectivity index is 2.25. The second kappa shape index (κ2) is 2.31. The third kappa shape index (κ3) is 1.20. The molecule has 1 heterocycles. The molecule has 1 aromatic rings. The molecule has 2 rings (SSSR count). The van der Waals surface area contributed by atoms with E-state index in [4.69, 9.17) is 0 Å². The lowest BCUT2D eigenvalue weighted by Gasteiger charge is -2.00. The molecule has 1 saturated carbocycles. The van der Waals surface area contributed by atoms with E-state index in [1.54, 1.807) is 11.3 Å². The van der Waals surface area contributed by atoms with Crippen LogP contribution < -0.4 is 0 Å². The highest BCUT2D eigenvalue weighted by Gasteiger charge is 2.40. The fourth-order valence-corrected chi connectivity index (χ4v) is 2.10. The highest BCUT2D eigenvalue weighted by molar-refractivity contribution is 7.09. The van der Waals surface area contributed by atoms with Crippen LogP contribution in [0.2, 0.25) is 0 Å². The molecule has 1 nitrogen and oxygen atoms in total. The van der Waals surface area contributed by atoms with E-state index in [-0.39, 0.29) is 0 Å². The van der Waals surface area contributed by atoms with Gasteiger partial charge in [-0.15, -0.1) is 11.3 Å². The Kier molecular flexibility index (Phi) is 1.53. The molecule has 0 saturated heterocycles. The lowest BCUT2D eigenvalue weighted by Crippen LogP contribution is -1.99. The van der Waals surface area contributed by atoms with Crippen molar-refractivity contribution in [1.29, 1.82) is 0 Å². The van der Waals surface area contributed by atoms with E-state index >= 15 is 0 Å². The molecule has 0 bridgehead atoms. The normalized spacial score (nSPS) is 20.2. The second-order valence-corrected chi connectivity index (χ2v) is 4.48. The minimum absolute atomic E-state index is 0.462. The fraction of sp³-hybridized carbons (Fsp3) is 0.667. The summed E-state index contributed by atoms with van der Waals surface area (Å²) < 4.78 is 0. The molecular weight excluding hydrogens is 154 g/mol. The Bertz CT molecular complexity index is 260. The number of hydrogen-bond acceptors (Lipinski definition) is 2. The number of aryl methyl sites for hydroxylation is 1. The molecule has 0 aliphatic heterocycles. The molecule has 0 atom stereocenters. The van der Waals surface area contributed by atoms with Gasteiger partial charge in [0.05, 0.1) is 10.7 Å². The molecule has 1 fully saturated rings. The third-order valence-corrected chi connectivity index (χ3v) is 3.47. The van der Waals surface area contributed by atoms with Crippen molar-refractivity contribution in [2.45, 2.75) is 38.5 Å². The van der Waals surface area contributed by atoms with Crippen molar-refractivity contribution in [3.05, 3.63) is 16.1 Å². The molecule has 1 aliphatic carbocycles. The van der Waals surface area contributed by atoms with Crippen molar-refractivity contribution in [2.75, 3.05) is 0 Å².